The Morgan fingerprint density at radius 2 is 1.75 bits per heavy atom. The monoisotopic (exact) mass is 453 g/mol. The van der Waals surface area contributed by atoms with Gasteiger partial charge in [0.25, 0.3) is 5.91 Å². The molecule has 0 spiro atoms. The van der Waals surface area contributed by atoms with Crippen LogP contribution >= 0.6 is 0 Å². The number of halogens is 3. The third-order valence-corrected chi connectivity index (χ3v) is 5.72. The van der Waals surface area contributed by atoms with Crippen molar-refractivity contribution in [3.05, 3.63) is 35.9 Å². The highest BCUT2D eigenvalue weighted by Gasteiger charge is 2.51. The van der Waals surface area contributed by atoms with Gasteiger partial charge < -0.3 is 20.0 Å². The predicted octanol–water partition coefficient (Wildman–Crippen LogP) is 3.01. The molecule has 3 unspecified atom stereocenters. The molecule has 4 rings (SSSR count). The third kappa shape index (κ3) is 4.46. The SMILES string of the molecule is CN(C)c1cc(C(=O)N2C3CCC2C(C(=O)O)C3)c2ccccc2n1.O=C(O)C(F)(F)F. The van der Waals surface area contributed by atoms with Crippen LogP contribution in [0.15, 0.2) is 30.3 Å². The zero-order chi connectivity index (χ0) is 23.8. The minimum Gasteiger partial charge on any atom is -0.481 e. The molecule has 2 bridgehead atoms. The first kappa shape index (κ1) is 23.3. The molecule has 172 valence electrons. The standard InChI is InChI=1S/C19H21N3O3.C2HF3O2/c1-21(2)17-10-13(12-5-3-4-6-15(12)20-17)18(23)22-11-7-8-16(22)14(9-11)19(24)25;3-2(4,5)1(6)7/h3-6,10-11,14,16H,7-9H2,1-2H3,(H,24,25);(H,6,7). The number of carbonyl (C=O) groups is 3. The fourth-order valence-electron chi connectivity index (χ4n) is 4.28. The summed E-state index contributed by atoms with van der Waals surface area (Å²) in [6.07, 6.45) is -2.85. The van der Waals surface area contributed by atoms with E-state index in [0.29, 0.717) is 12.0 Å². The number of fused-ring (bicyclic) bond motifs is 3. The van der Waals surface area contributed by atoms with Gasteiger partial charge in [-0.3, -0.25) is 9.59 Å². The van der Waals surface area contributed by atoms with Crippen molar-refractivity contribution in [3.8, 4) is 0 Å². The average molecular weight is 453 g/mol. The number of carbonyl (C=O) groups excluding carboxylic acids is 1. The number of benzene rings is 1. The van der Waals surface area contributed by atoms with E-state index in [0.717, 1.165) is 29.6 Å². The van der Waals surface area contributed by atoms with Gasteiger partial charge in [0, 0.05) is 31.6 Å². The first-order valence-electron chi connectivity index (χ1n) is 9.84. The van der Waals surface area contributed by atoms with E-state index in [4.69, 9.17) is 9.90 Å². The van der Waals surface area contributed by atoms with Crippen LogP contribution in [-0.2, 0) is 9.59 Å². The summed E-state index contributed by atoms with van der Waals surface area (Å²) in [4.78, 5) is 42.0. The number of nitrogens with zero attached hydrogens (tertiary/aromatic N) is 3. The second-order valence-corrected chi connectivity index (χ2v) is 7.93. The molecule has 2 aromatic rings. The zero-order valence-corrected chi connectivity index (χ0v) is 17.3. The number of amides is 1. The van der Waals surface area contributed by atoms with Crippen LogP contribution < -0.4 is 4.90 Å². The Morgan fingerprint density at radius 1 is 1.12 bits per heavy atom. The topological polar surface area (TPSA) is 111 Å². The molecule has 11 heteroatoms. The van der Waals surface area contributed by atoms with Crippen LogP contribution in [-0.4, -0.2) is 70.3 Å². The molecule has 0 aliphatic carbocycles. The first-order valence-corrected chi connectivity index (χ1v) is 9.84. The van der Waals surface area contributed by atoms with Crippen molar-refractivity contribution in [1.29, 1.82) is 0 Å². The first-order chi connectivity index (χ1) is 14.9. The Bertz CT molecular complexity index is 1060. The van der Waals surface area contributed by atoms with Gasteiger partial charge in [0.05, 0.1) is 17.0 Å². The molecule has 8 nitrogen and oxygen atoms in total. The average Bonchev–Trinajstić information content (AvgIpc) is 3.30. The Morgan fingerprint density at radius 3 is 2.28 bits per heavy atom. The summed E-state index contributed by atoms with van der Waals surface area (Å²) in [5, 5.41) is 17.4. The Balaban J connectivity index is 0.000000360. The minimum absolute atomic E-state index is 0.0355. The summed E-state index contributed by atoms with van der Waals surface area (Å²) in [6, 6.07) is 9.27. The van der Waals surface area contributed by atoms with E-state index in [9.17, 15) is 27.9 Å². The van der Waals surface area contributed by atoms with Crippen LogP contribution in [0.2, 0.25) is 0 Å². The number of hydrogen-bond donors (Lipinski definition) is 2. The summed E-state index contributed by atoms with van der Waals surface area (Å²) in [7, 11) is 3.79. The van der Waals surface area contributed by atoms with Crippen LogP contribution in [0.4, 0.5) is 19.0 Å². The molecule has 2 aliphatic heterocycles. The van der Waals surface area contributed by atoms with Gasteiger partial charge >= 0.3 is 18.1 Å². The highest BCUT2D eigenvalue weighted by molar-refractivity contribution is 6.07. The van der Waals surface area contributed by atoms with Gasteiger partial charge in [-0.15, -0.1) is 0 Å². The maximum absolute atomic E-state index is 13.4. The van der Waals surface area contributed by atoms with E-state index in [1.807, 2.05) is 54.2 Å². The van der Waals surface area contributed by atoms with Gasteiger partial charge in [-0.25, -0.2) is 9.78 Å². The van der Waals surface area contributed by atoms with Crippen LogP contribution in [0.5, 0.6) is 0 Å². The zero-order valence-electron chi connectivity index (χ0n) is 17.3. The van der Waals surface area contributed by atoms with Crippen molar-refractivity contribution in [3.63, 3.8) is 0 Å². The fourth-order valence-corrected chi connectivity index (χ4v) is 4.28. The van der Waals surface area contributed by atoms with Crippen LogP contribution in [0.1, 0.15) is 29.6 Å². The summed E-state index contributed by atoms with van der Waals surface area (Å²) in [5.74, 6) is -3.34. The van der Waals surface area contributed by atoms with E-state index in [2.05, 4.69) is 4.98 Å². The smallest absolute Gasteiger partial charge is 0.481 e. The highest BCUT2D eigenvalue weighted by Crippen LogP contribution is 2.43. The van der Waals surface area contributed by atoms with Crippen LogP contribution in [0.3, 0.4) is 0 Å². The molecule has 1 amide bonds. The number of rotatable bonds is 3. The van der Waals surface area contributed by atoms with Crippen molar-refractivity contribution in [2.75, 3.05) is 19.0 Å². The molecule has 3 atom stereocenters. The summed E-state index contributed by atoms with van der Waals surface area (Å²) < 4.78 is 31.7. The maximum atomic E-state index is 13.4. The molecule has 32 heavy (non-hydrogen) atoms. The second kappa shape index (κ2) is 8.64. The number of alkyl halides is 3. The largest absolute Gasteiger partial charge is 0.490 e. The lowest BCUT2D eigenvalue weighted by molar-refractivity contribution is -0.192. The normalized spacial score (nSPS) is 21.8. The second-order valence-electron chi connectivity index (χ2n) is 7.93. The van der Waals surface area contributed by atoms with E-state index in [1.165, 1.54) is 0 Å². The molecular weight excluding hydrogens is 431 g/mol. The van der Waals surface area contributed by atoms with E-state index >= 15 is 0 Å². The third-order valence-electron chi connectivity index (χ3n) is 5.72. The maximum Gasteiger partial charge on any atom is 0.490 e. The number of para-hydroxylation sites is 1. The molecule has 3 heterocycles. The van der Waals surface area contributed by atoms with Crippen LogP contribution in [0.25, 0.3) is 10.9 Å². The lowest BCUT2D eigenvalue weighted by atomic mass is 9.89. The molecule has 2 fully saturated rings. The Hall–Kier alpha value is -3.37. The molecule has 0 saturated carbocycles. The molecule has 2 N–H and O–H groups in total. The van der Waals surface area contributed by atoms with Gasteiger partial charge in [0.1, 0.15) is 5.82 Å². The number of hydrogen-bond acceptors (Lipinski definition) is 5. The van der Waals surface area contributed by atoms with E-state index in [1.54, 1.807) is 0 Å². The lowest BCUT2D eigenvalue weighted by Crippen LogP contribution is -2.38. The Labute approximate surface area is 181 Å². The fraction of sp³-hybridized carbons (Fsp3) is 0.429. The minimum atomic E-state index is -5.08. The summed E-state index contributed by atoms with van der Waals surface area (Å²) in [6.45, 7) is 0. The molecule has 1 aromatic carbocycles. The number of anilines is 1. The highest BCUT2D eigenvalue weighted by atomic mass is 19.4. The van der Waals surface area contributed by atoms with Gasteiger partial charge in [-0.05, 0) is 31.4 Å². The lowest BCUT2D eigenvalue weighted by Gasteiger charge is -2.24. The van der Waals surface area contributed by atoms with Gasteiger partial charge in [0.15, 0.2) is 0 Å². The molecule has 0 radical (unpaired) electrons. The van der Waals surface area contributed by atoms with Crippen molar-refractivity contribution in [2.45, 2.75) is 37.5 Å². The number of pyridine rings is 1. The molecule has 1 aromatic heterocycles. The van der Waals surface area contributed by atoms with Crippen LogP contribution in [0, 0.1) is 5.92 Å². The number of carboxylic acids is 2. The number of aliphatic carboxylic acids is 2. The van der Waals surface area contributed by atoms with Gasteiger partial charge in [-0.2, -0.15) is 13.2 Å². The predicted molar refractivity (Wildman–Crippen MR) is 108 cm³/mol. The summed E-state index contributed by atoms with van der Waals surface area (Å²) in [5.41, 5.74) is 1.38. The van der Waals surface area contributed by atoms with Gasteiger partial charge in [-0.1, -0.05) is 18.2 Å². The Kier molecular flexibility index (Phi) is 6.29. The van der Waals surface area contributed by atoms with Crippen molar-refractivity contribution >= 4 is 34.6 Å². The van der Waals surface area contributed by atoms with E-state index < -0.39 is 24.0 Å². The van der Waals surface area contributed by atoms with E-state index in [-0.39, 0.29) is 18.0 Å². The number of aromatic nitrogens is 1. The van der Waals surface area contributed by atoms with Crippen molar-refractivity contribution in [2.24, 2.45) is 5.92 Å². The van der Waals surface area contributed by atoms with Crippen molar-refractivity contribution in [1.82, 2.24) is 9.88 Å². The quantitative estimate of drug-likeness (QED) is 0.735. The number of carboxylic acid groups (broad SMARTS) is 2. The summed E-state index contributed by atoms with van der Waals surface area (Å²) >= 11 is 0. The molecule has 2 saturated heterocycles. The molecular formula is C21H22F3N3O5. The molecule has 2 aliphatic rings. The van der Waals surface area contributed by atoms with Crippen molar-refractivity contribution < 1.29 is 37.8 Å². The van der Waals surface area contributed by atoms with Gasteiger partial charge in [0.2, 0.25) is 0 Å².